The minimum atomic E-state index is -0.366. The number of ether oxygens (including phenoxy) is 1. The summed E-state index contributed by atoms with van der Waals surface area (Å²) >= 11 is 7.96. The Bertz CT molecular complexity index is 2480. The molecule has 1 saturated carbocycles. The van der Waals surface area contributed by atoms with Crippen LogP contribution >= 0.6 is 22.9 Å². The zero-order chi connectivity index (χ0) is 39.4. The lowest BCUT2D eigenvalue weighted by atomic mass is 9.72. The van der Waals surface area contributed by atoms with E-state index in [9.17, 15) is 4.79 Å². The maximum atomic E-state index is 13.1. The van der Waals surface area contributed by atoms with Crippen LogP contribution in [0.5, 0.6) is 5.75 Å². The van der Waals surface area contributed by atoms with Gasteiger partial charge in [-0.25, -0.2) is 4.99 Å². The average molecular weight is 799 g/mol. The van der Waals surface area contributed by atoms with Crippen LogP contribution in [-0.2, 0) is 0 Å². The lowest BCUT2D eigenvalue weighted by Crippen LogP contribution is -2.63. The van der Waals surface area contributed by atoms with E-state index in [-0.39, 0.29) is 29.2 Å². The van der Waals surface area contributed by atoms with E-state index >= 15 is 0 Å². The standard InChI is InChI=1S/C43H43ClN10O2S/c1-25-27(3)57-42-38(25)39(46-26(2)40-51-48-28(4)54(40)42)33-8-5-6-9-36(33)53-23-43(24-53)18-7-19-52(22-43)37-17-16-35(49-50-37)41(55)47-30-11-14-31(15-12-30)56-32-13-10-29(21-45)34(44)20-32/h5-6,8-10,13,16-17,20,26,31H,7,11-12,14-15,18-19,22-24H2,1-4H3/t26-,31?/m0/s1. The third-order valence-corrected chi connectivity index (χ3v) is 13.4. The minimum absolute atomic E-state index is 0.00992. The molecule has 1 aliphatic carbocycles. The normalized spacial score (nSPS) is 19.9. The molecule has 5 aromatic rings. The monoisotopic (exact) mass is 798 g/mol. The number of benzene rings is 2. The summed E-state index contributed by atoms with van der Waals surface area (Å²) in [6.07, 6.45) is 5.00. The van der Waals surface area contributed by atoms with Gasteiger partial charge in [0.1, 0.15) is 28.7 Å². The number of hydrogen-bond donors (Lipinski definition) is 0. The Morgan fingerprint density at radius 3 is 2.54 bits per heavy atom. The van der Waals surface area contributed by atoms with E-state index in [1.807, 2.05) is 13.0 Å². The van der Waals surface area contributed by atoms with Crippen molar-refractivity contribution in [3.63, 3.8) is 0 Å². The molecule has 0 radical (unpaired) electrons. The molecule has 6 heterocycles. The molecule has 0 N–H and O–H groups in total. The van der Waals surface area contributed by atoms with Gasteiger partial charge < -0.3 is 14.5 Å². The SMILES string of the molecule is Cc1sc2c(c1C)C(c1ccccc1N1CC3(CCCN(c4ccc(C(=O)N=C5CCC(Oc6ccc(C#N)c(Cl)c6)CC5)nn4)C3)C1)=N[C@@H](C)c1nnc(C)n1-2. The van der Waals surface area contributed by atoms with Crippen molar-refractivity contribution in [2.75, 3.05) is 36.0 Å². The number of aliphatic imine (C=N–C) groups is 2. The zero-order valence-electron chi connectivity index (χ0n) is 32.5. The van der Waals surface area contributed by atoms with Crippen molar-refractivity contribution >= 4 is 51.8 Å². The van der Waals surface area contributed by atoms with E-state index in [0.717, 1.165) is 91.3 Å². The minimum Gasteiger partial charge on any atom is -0.490 e. The highest BCUT2D eigenvalue weighted by Crippen LogP contribution is 2.45. The van der Waals surface area contributed by atoms with Crippen molar-refractivity contribution in [2.45, 2.75) is 78.4 Å². The Labute approximate surface area is 340 Å². The Kier molecular flexibility index (Phi) is 9.65. The summed E-state index contributed by atoms with van der Waals surface area (Å²) in [5.74, 6) is 2.81. The molecule has 0 unspecified atom stereocenters. The van der Waals surface area contributed by atoms with Gasteiger partial charge in [0, 0.05) is 65.1 Å². The van der Waals surface area contributed by atoms with Crippen LogP contribution in [-0.4, -0.2) is 74.6 Å². The zero-order valence-corrected chi connectivity index (χ0v) is 34.1. The second-order valence-corrected chi connectivity index (χ2v) is 17.4. The molecular weight excluding hydrogens is 756 g/mol. The molecule has 2 saturated heterocycles. The predicted octanol–water partition coefficient (Wildman–Crippen LogP) is 8.19. The molecule has 1 amide bonds. The summed E-state index contributed by atoms with van der Waals surface area (Å²) in [6.45, 7) is 12.2. The predicted molar refractivity (Wildman–Crippen MR) is 223 cm³/mol. The van der Waals surface area contributed by atoms with Gasteiger partial charge in [-0.3, -0.25) is 14.4 Å². The van der Waals surface area contributed by atoms with E-state index in [1.165, 1.54) is 21.7 Å². The summed E-state index contributed by atoms with van der Waals surface area (Å²) in [5, 5.41) is 28.5. The summed E-state index contributed by atoms with van der Waals surface area (Å²) in [6, 6.07) is 19.4. The summed E-state index contributed by atoms with van der Waals surface area (Å²) in [4.78, 5) is 29.0. The fraction of sp³-hybridized carbons (Fsp3) is 0.395. The van der Waals surface area contributed by atoms with Crippen LogP contribution in [0.15, 0.2) is 64.6 Å². The fourth-order valence-electron chi connectivity index (χ4n) is 8.83. The first-order valence-corrected chi connectivity index (χ1v) is 20.8. The number of para-hydroxylation sites is 1. The Hall–Kier alpha value is -5.45. The molecule has 4 aliphatic rings. The van der Waals surface area contributed by atoms with E-state index in [4.69, 9.17) is 26.6 Å². The number of anilines is 2. The third-order valence-electron chi connectivity index (χ3n) is 11.9. The number of aromatic nitrogens is 5. The Balaban J connectivity index is 0.851. The number of carbonyl (C=O) groups excluding carboxylic acids is 1. The van der Waals surface area contributed by atoms with Crippen molar-refractivity contribution in [2.24, 2.45) is 15.4 Å². The highest BCUT2D eigenvalue weighted by atomic mass is 35.5. The van der Waals surface area contributed by atoms with Crippen molar-refractivity contribution in [3.8, 4) is 16.8 Å². The van der Waals surface area contributed by atoms with Gasteiger partial charge in [-0.05, 0) is 102 Å². The molecule has 290 valence electrons. The molecule has 3 aromatic heterocycles. The lowest BCUT2D eigenvalue weighted by molar-refractivity contribution is 0.0995. The van der Waals surface area contributed by atoms with Gasteiger partial charge in [0.2, 0.25) is 0 Å². The number of carbonyl (C=O) groups is 1. The van der Waals surface area contributed by atoms with Gasteiger partial charge in [-0.15, -0.1) is 31.7 Å². The quantitative estimate of drug-likeness (QED) is 0.167. The second-order valence-electron chi connectivity index (χ2n) is 15.8. The topological polar surface area (TPSA) is 138 Å². The second kappa shape index (κ2) is 14.8. The fourth-order valence-corrected chi connectivity index (χ4v) is 10.3. The van der Waals surface area contributed by atoms with Crippen molar-refractivity contribution in [1.82, 2.24) is 25.0 Å². The average Bonchev–Trinajstić information content (AvgIpc) is 3.70. The first-order valence-electron chi connectivity index (χ1n) is 19.6. The van der Waals surface area contributed by atoms with Gasteiger partial charge in [0.15, 0.2) is 17.3 Å². The number of piperidine rings is 1. The molecule has 2 aromatic carbocycles. The molecule has 0 bridgehead atoms. The molecule has 3 fully saturated rings. The van der Waals surface area contributed by atoms with Gasteiger partial charge in [-0.2, -0.15) is 5.26 Å². The van der Waals surface area contributed by atoms with E-state index in [0.29, 0.717) is 29.2 Å². The summed E-state index contributed by atoms with van der Waals surface area (Å²) in [5.41, 5.74) is 7.45. The number of rotatable bonds is 6. The molecular formula is C43H43ClN10O2S. The molecule has 14 heteroatoms. The van der Waals surface area contributed by atoms with Crippen LogP contribution in [0.25, 0.3) is 5.00 Å². The van der Waals surface area contributed by atoms with Crippen molar-refractivity contribution in [1.29, 1.82) is 5.26 Å². The molecule has 57 heavy (non-hydrogen) atoms. The van der Waals surface area contributed by atoms with Crippen LogP contribution in [0.2, 0.25) is 5.02 Å². The highest BCUT2D eigenvalue weighted by Gasteiger charge is 2.47. The van der Waals surface area contributed by atoms with E-state index < -0.39 is 0 Å². The number of fused-ring (bicyclic) bond motifs is 3. The van der Waals surface area contributed by atoms with Gasteiger partial charge in [0.05, 0.1) is 22.4 Å². The number of amides is 1. The number of thiophene rings is 1. The molecule has 12 nitrogen and oxygen atoms in total. The first kappa shape index (κ1) is 37.1. The van der Waals surface area contributed by atoms with Crippen LogP contribution in [0, 0.1) is 37.5 Å². The van der Waals surface area contributed by atoms with Crippen LogP contribution in [0.1, 0.15) is 101 Å². The van der Waals surface area contributed by atoms with E-state index in [1.54, 1.807) is 35.6 Å². The van der Waals surface area contributed by atoms with Crippen LogP contribution < -0.4 is 14.5 Å². The first-order chi connectivity index (χ1) is 27.6. The van der Waals surface area contributed by atoms with Gasteiger partial charge in [-0.1, -0.05) is 29.8 Å². The van der Waals surface area contributed by atoms with Crippen molar-refractivity contribution in [3.05, 3.63) is 104 Å². The van der Waals surface area contributed by atoms with E-state index in [2.05, 4.69) is 90.9 Å². The molecule has 1 atom stereocenters. The Morgan fingerprint density at radius 2 is 1.79 bits per heavy atom. The third kappa shape index (κ3) is 6.89. The molecule has 9 rings (SSSR count). The maximum Gasteiger partial charge on any atom is 0.297 e. The lowest BCUT2D eigenvalue weighted by Gasteiger charge is -2.56. The number of hydrogen-bond acceptors (Lipinski definition) is 11. The van der Waals surface area contributed by atoms with Crippen molar-refractivity contribution < 1.29 is 9.53 Å². The van der Waals surface area contributed by atoms with Crippen LogP contribution in [0.4, 0.5) is 11.5 Å². The number of aryl methyl sites for hydroxylation is 2. The van der Waals surface area contributed by atoms with Gasteiger partial charge >= 0.3 is 0 Å². The number of halogens is 1. The molecule has 3 aliphatic heterocycles. The highest BCUT2D eigenvalue weighted by molar-refractivity contribution is 7.15. The molecule has 1 spiro atoms. The number of nitrogens with zero attached hydrogens (tertiary/aromatic N) is 10. The summed E-state index contributed by atoms with van der Waals surface area (Å²) < 4.78 is 8.29. The Morgan fingerprint density at radius 1 is 1.00 bits per heavy atom. The summed E-state index contributed by atoms with van der Waals surface area (Å²) in [7, 11) is 0. The van der Waals surface area contributed by atoms with Gasteiger partial charge in [0.25, 0.3) is 5.91 Å². The maximum absolute atomic E-state index is 13.1. The van der Waals surface area contributed by atoms with Crippen LogP contribution in [0.3, 0.4) is 0 Å². The smallest absolute Gasteiger partial charge is 0.297 e. The number of nitriles is 1. The largest absolute Gasteiger partial charge is 0.490 e.